The van der Waals surface area contributed by atoms with Gasteiger partial charge in [0, 0.05) is 23.9 Å². The highest BCUT2D eigenvalue weighted by Crippen LogP contribution is 2.22. The van der Waals surface area contributed by atoms with Gasteiger partial charge in [0.2, 0.25) is 5.95 Å². The van der Waals surface area contributed by atoms with Crippen LogP contribution in [0, 0.1) is 6.92 Å². The van der Waals surface area contributed by atoms with Crippen molar-refractivity contribution in [2.24, 2.45) is 0 Å². The van der Waals surface area contributed by atoms with Crippen LogP contribution in [0.5, 0.6) is 0 Å². The maximum Gasteiger partial charge on any atom is 0.221 e. The minimum absolute atomic E-state index is 0.150. The number of hydrogen-bond donors (Lipinski definition) is 3. The summed E-state index contributed by atoms with van der Waals surface area (Å²) in [7, 11) is 0. The van der Waals surface area contributed by atoms with Gasteiger partial charge in [-0.3, -0.25) is 0 Å². The van der Waals surface area contributed by atoms with Gasteiger partial charge in [0.05, 0.1) is 0 Å². The monoisotopic (exact) mass is 224 g/mol. The highest BCUT2D eigenvalue weighted by Gasteiger charge is 2.22. The molecule has 16 heavy (non-hydrogen) atoms. The molecule has 1 aromatic rings. The standard InChI is InChI=1S/C11H20N4O/c1-4-11(3,5-6-16)15-9-8(2)7-13-10(12)14-9/h7,16H,4-6H2,1-3H3,(H3,12,13,14,15). The third-order valence-corrected chi connectivity index (χ3v) is 2.85. The molecule has 1 unspecified atom stereocenters. The molecule has 1 atom stereocenters. The van der Waals surface area contributed by atoms with Gasteiger partial charge in [-0.15, -0.1) is 0 Å². The van der Waals surface area contributed by atoms with Crippen molar-refractivity contribution in [1.82, 2.24) is 9.97 Å². The second-order valence-electron chi connectivity index (χ2n) is 4.27. The highest BCUT2D eigenvalue weighted by atomic mass is 16.3. The number of aliphatic hydroxyl groups excluding tert-OH is 1. The van der Waals surface area contributed by atoms with Crippen LogP contribution in [0.4, 0.5) is 11.8 Å². The third-order valence-electron chi connectivity index (χ3n) is 2.85. The molecule has 0 aliphatic carbocycles. The van der Waals surface area contributed by atoms with Gasteiger partial charge in [-0.25, -0.2) is 4.98 Å². The van der Waals surface area contributed by atoms with E-state index < -0.39 is 0 Å². The van der Waals surface area contributed by atoms with Gasteiger partial charge in [0.1, 0.15) is 5.82 Å². The minimum Gasteiger partial charge on any atom is -0.396 e. The van der Waals surface area contributed by atoms with Crippen LogP contribution in [-0.2, 0) is 0 Å². The van der Waals surface area contributed by atoms with Crippen molar-refractivity contribution < 1.29 is 5.11 Å². The summed E-state index contributed by atoms with van der Waals surface area (Å²) in [5, 5.41) is 12.4. The maximum atomic E-state index is 9.04. The molecule has 1 heterocycles. The molecule has 0 spiro atoms. The Hall–Kier alpha value is -1.36. The first-order valence-electron chi connectivity index (χ1n) is 5.49. The van der Waals surface area contributed by atoms with E-state index in [-0.39, 0.29) is 18.1 Å². The molecule has 0 saturated heterocycles. The quantitative estimate of drug-likeness (QED) is 0.702. The number of aryl methyl sites for hydroxylation is 1. The second kappa shape index (κ2) is 5.12. The summed E-state index contributed by atoms with van der Waals surface area (Å²) in [5.41, 5.74) is 6.33. The summed E-state index contributed by atoms with van der Waals surface area (Å²) in [5.74, 6) is 1.00. The van der Waals surface area contributed by atoms with E-state index in [1.165, 1.54) is 0 Å². The molecule has 90 valence electrons. The normalized spacial score (nSPS) is 14.5. The molecule has 5 nitrogen and oxygen atoms in total. The predicted molar refractivity (Wildman–Crippen MR) is 65.2 cm³/mol. The number of nitrogen functional groups attached to an aromatic ring is 1. The first-order chi connectivity index (χ1) is 7.50. The van der Waals surface area contributed by atoms with Crippen LogP contribution in [0.25, 0.3) is 0 Å². The number of anilines is 2. The summed E-state index contributed by atoms with van der Waals surface area (Å²) < 4.78 is 0. The highest BCUT2D eigenvalue weighted by molar-refractivity contribution is 5.47. The SMILES string of the molecule is CCC(C)(CCO)Nc1nc(N)ncc1C. The molecule has 0 aromatic carbocycles. The number of hydrogen-bond acceptors (Lipinski definition) is 5. The number of nitrogens with one attached hydrogen (secondary N) is 1. The number of aromatic nitrogens is 2. The smallest absolute Gasteiger partial charge is 0.221 e. The van der Waals surface area contributed by atoms with Crippen molar-refractivity contribution >= 4 is 11.8 Å². The molecule has 0 fully saturated rings. The van der Waals surface area contributed by atoms with Crippen molar-refractivity contribution in [3.8, 4) is 0 Å². The first kappa shape index (κ1) is 12.7. The van der Waals surface area contributed by atoms with Crippen LogP contribution >= 0.6 is 0 Å². The lowest BCUT2D eigenvalue weighted by Crippen LogP contribution is -2.35. The summed E-state index contributed by atoms with van der Waals surface area (Å²) in [4.78, 5) is 8.08. The van der Waals surface area contributed by atoms with E-state index in [4.69, 9.17) is 10.8 Å². The fraction of sp³-hybridized carbons (Fsp3) is 0.636. The molecule has 5 heteroatoms. The Morgan fingerprint density at radius 2 is 2.25 bits per heavy atom. The molecular weight excluding hydrogens is 204 g/mol. The average Bonchev–Trinajstić information content (AvgIpc) is 2.24. The van der Waals surface area contributed by atoms with Gasteiger partial charge in [0.15, 0.2) is 0 Å². The molecule has 1 aromatic heterocycles. The van der Waals surface area contributed by atoms with Crippen LogP contribution in [0.2, 0.25) is 0 Å². The molecule has 0 radical (unpaired) electrons. The zero-order valence-electron chi connectivity index (χ0n) is 10.1. The Balaban J connectivity index is 2.89. The van der Waals surface area contributed by atoms with Crippen molar-refractivity contribution in [3.05, 3.63) is 11.8 Å². The summed E-state index contributed by atoms with van der Waals surface area (Å²) in [6.07, 6.45) is 3.27. The Morgan fingerprint density at radius 3 is 2.81 bits per heavy atom. The lowest BCUT2D eigenvalue weighted by atomic mass is 9.95. The molecular formula is C11H20N4O. The van der Waals surface area contributed by atoms with Crippen LogP contribution < -0.4 is 11.1 Å². The lowest BCUT2D eigenvalue weighted by molar-refractivity contribution is 0.251. The number of aliphatic hydroxyl groups is 1. The van der Waals surface area contributed by atoms with Crippen LogP contribution in [0.3, 0.4) is 0 Å². The van der Waals surface area contributed by atoms with Gasteiger partial charge in [-0.05, 0) is 26.7 Å². The van der Waals surface area contributed by atoms with E-state index in [9.17, 15) is 0 Å². The Kier molecular flexibility index (Phi) is 4.06. The van der Waals surface area contributed by atoms with Gasteiger partial charge in [-0.2, -0.15) is 4.98 Å². The zero-order valence-corrected chi connectivity index (χ0v) is 10.1. The Labute approximate surface area is 96.1 Å². The number of rotatable bonds is 5. The fourth-order valence-electron chi connectivity index (χ4n) is 1.44. The summed E-state index contributed by atoms with van der Waals surface area (Å²) in [6, 6.07) is 0. The molecule has 1 rings (SSSR count). The van der Waals surface area contributed by atoms with E-state index in [1.54, 1.807) is 6.20 Å². The van der Waals surface area contributed by atoms with Crippen LogP contribution in [-0.4, -0.2) is 27.2 Å². The van der Waals surface area contributed by atoms with E-state index in [0.29, 0.717) is 6.42 Å². The maximum absolute atomic E-state index is 9.04. The van der Waals surface area contributed by atoms with E-state index in [1.807, 2.05) is 6.92 Å². The van der Waals surface area contributed by atoms with Crippen LogP contribution in [0.15, 0.2) is 6.20 Å². The predicted octanol–water partition coefficient (Wildman–Crippen LogP) is 1.33. The fourth-order valence-corrected chi connectivity index (χ4v) is 1.44. The Bertz CT molecular complexity index is 356. The minimum atomic E-state index is -0.166. The van der Waals surface area contributed by atoms with Gasteiger partial charge in [-0.1, -0.05) is 6.92 Å². The van der Waals surface area contributed by atoms with Crippen molar-refractivity contribution in [1.29, 1.82) is 0 Å². The number of nitrogens with zero attached hydrogens (tertiary/aromatic N) is 2. The van der Waals surface area contributed by atoms with E-state index in [0.717, 1.165) is 17.8 Å². The zero-order chi connectivity index (χ0) is 12.2. The molecule has 0 aliphatic heterocycles. The van der Waals surface area contributed by atoms with Gasteiger partial charge >= 0.3 is 0 Å². The van der Waals surface area contributed by atoms with E-state index >= 15 is 0 Å². The average molecular weight is 224 g/mol. The first-order valence-corrected chi connectivity index (χ1v) is 5.49. The van der Waals surface area contributed by atoms with Crippen LogP contribution in [0.1, 0.15) is 32.3 Å². The molecule has 0 aliphatic rings. The largest absolute Gasteiger partial charge is 0.396 e. The summed E-state index contributed by atoms with van der Waals surface area (Å²) >= 11 is 0. The molecule has 0 saturated carbocycles. The summed E-state index contributed by atoms with van der Waals surface area (Å²) in [6.45, 7) is 6.21. The molecule has 0 bridgehead atoms. The van der Waals surface area contributed by atoms with E-state index in [2.05, 4.69) is 29.1 Å². The van der Waals surface area contributed by atoms with Gasteiger partial charge in [0.25, 0.3) is 0 Å². The topological polar surface area (TPSA) is 84.1 Å². The second-order valence-corrected chi connectivity index (χ2v) is 4.27. The van der Waals surface area contributed by atoms with Gasteiger partial charge < -0.3 is 16.2 Å². The van der Waals surface area contributed by atoms with Crippen molar-refractivity contribution in [2.45, 2.75) is 39.2 Å². The Morgan fingerprint density at radius 1 is 1.56 bits per heavy atom. The number of nitrogens with two attached hydrogens (primary N) is 1. The third kappa shape index (κ3) is 3.06. The molecule has 4 N–H and O–H groups in total. The van der Waals surface area contributed by atoms with Crippen molar-refractivity contribution in [3.63, 3.8) is 0 Å². The lowest BCUT2D eigenvalue weighted by Gasteiger charge is -2.30. The molecule has 0 amide bonds. The van der Waals surface area contributed by atoms with Crippen molar-refractivity contribution in [2.75, 3.05) is 17.7 Å².